The second-order valence-corrected chi connectivity index (χ2v) is 5.37. The van der Waals surface area contributed by atoms with E-state index in [1.165, 1.54) is 5.56 Å². The Labute approximate surface area is 114 Å². The minimum absolute atomic E-state index is 0.208. The molecule has 19 heavy (non-hydrogen) atoms. The van der Waals surface area contributed by atoms with Gasteiger partial charge in [-0.05, 0) is 29.9 Å². The summed E-state index contributed by atoms with van der Waals surface area (Å²) in [7, 11) is 0. The Morgan fingerprint density at radius 1 is 1.21 bits per heavy atom. The van der Waals surface area contributed by atoms with E-state index < -0.39 is 0 Å². The molecule has 3 nitrogen and oxygen atoms in total. The molecule has 0 unspecified atom stereocenters. The highest BCUT2D eigenvalue weighted by Crippen LogP contribution is 2.19. The number of nitrogens with zero attached hydrogens (tertiary/aromatic N) is 1. The SMILES string of the molecule is CC(C)Cc1ccc(-c2cnc(CCCO)[nH]2)cc1. The Kier molecular flexibility index (Phi) is 4.74. The zero-order valence-corrected chi connectivity index (χ0v) is 11.7. The summed E-state index contributed by atoms with van der Waals surface area (Å²) in [5, 5.41) is 8.81. The van der Waals surface area contributed by atoms with Gasteiger partial charge in [0.15, 0.2) is 0 Å². The van der Waals surface area contributed by atoms with E-state index in [1.54, 1.807) is 0 Å². The lowest BCUT2D eigenvalue weighted by atomic mass is 10.0. The van der Waals surface area contributed by atoms with Gasteiger partial charge < -0.3 is 10.1 Å². The fraction of sp³-hybridized carbons (Fsp3) is 0.438. The molecule has 0 bridgehead atoms. The molecule has 0 radical (unpaired) electrons. The van der Waals surface area contributed by atoms with Crippen LogP contribution in [0.4, 0.5) is 0 Å². The van der Waals surface area contributed by atoms with E-state index >= 15 is 0 Å². The van der Waals surface area contributed by atoms with Crippen molar-refractivity contribution in [1.82, 2.24) is 9.97 Å². The van der Waals surface area contributed by atoms with Crippen molar-refractivity contribution in [2.45, 2.75) is 33.1 Å². The van der Waals surface area contributed by atoms with Crippen molar-refractivity contribution in [2.75, 3.05) is 6.61 Å². The fourth-order valence-corrected chi connectivity index (χ4v) is 2.17. The van der Waals surface area contributed by atoms with Crippen LogP contribution in [0, 0.1) is 5.92 Å². The topological polar surface area (TPSA) is 48.9 Å². The molecular formula is C16H22N2O. The van der Waals surface area contributed by atoms with Gasteiger partial charge in [-0.2, -0.15) is 0 Å². The van der Waals surface area contributed by atoms with Gasteiger partial charge in [-0.25, -0.2) is 4.98 Å². The Morgan fingerprint density at radius 3 is 2.58 bits per heavy atom. The maximum atomic E-state index is 8.81. The number of benzene rings is 1. The Bertz CT molecular complexity index is 500. The predicted molar refractivity (Wildman–Crippen MR) is 78.0 cm³/mol. The largest absolute Gasteiger partial charge is 0.396 e. The van der Waals surface area contributed by atoms with Crippen molar-refractivity contribution in [3.05, 3.63) is 41.9 Å². The van der Waals surface area contributed by atoms with Crippen molar-refractivity contribution in [3.8, 4) is 11.3 Å². The molecule has 0 saturated heterocycles. The van der Waals surface area contributed by atoms with Crippen LogP contribution in [0.5, 0.6) is 0 Å². The van der Waals surface area contributed by atoms with Crippen LogP contribution in [0.1, 0.15) is 31.7 Å². The number of imidazole rings is 1. The van der Waals surface area contributed by atoms with E-state index in [0.717, 1.165) is 36.3 Å². The molecule has 2 N–H and O–H groups in total. The van der Waals surface area contributed by atoms with E-state index in [0.29, 0.717) is 5.92 Å². The molecule has 2 aromatic rings. The van der Waals surface area contributed by atoms with Gasteiger partial charge in [-0.1, -0.05) is 38.1 Å². The molecule has 1 heterocycles. The molecule has 3 heteroatoms. The van der Waals surface area contributed by atoms with E-state index in [9.17, 15) is 0 Å². The van der Waals surface area contributed by atoms with Crippen molar-refractivity contribution < 1.29 is 5.11 Å². The Hall–Kier alpha value is -1.61. The molecule has 0 spiro atoms. The molecule has 2 rings (SSSR count). The molecule has 102 valence electrons. The summed E-state index contributed by atoms with van der Waals surface area (Å²) in [6, 6.07) is 8.65. The van der Waals surface area contributed by atoms with E-state index in [-0.39, 0.29) is 6.61 Å². The third-order valence-corrected chi connectivity index (χ3v) is 3.11. The molecule has 0 aliphatic rings. The zero-order valence-electron chi connectivity index (χ0n) is 11.7. The molecule has 0 fully saturated rings. The van der Waals surface area contributed by atoms with E-state index in [4.69, 9.17) is 5.11 Å². The number of H-pyrrole nitrogens is 1. The van der Waals surface area contributed by atoms with Crippen LogP contribution in [0.2, 0.25) is 0 Å². The highest BCUT2D eigenvalue weighted by molar-refractivity contribution is 5.58. The summed E-state index contributed by atoms with van der Waals surface area (Å²) in [6.07, 6.45) is 4.53. The lowest BCUT2D eigenvalue weighted by molar-refractivity contribution is 0.287. The number of aromatic nitrogens is 2. The van der Waals surface area contributed by atoms with Crippen molar-refractivity contribution in [2.24, 2.45) is 5.92 Å². The normalized spacial score (nSPS) is 11.2. The number of rotatable bonds is 6. The van der Waals surface area contributed by atoms with Gasteiger partial charge in [0.25, 0.3) is 0 Å². The molecule has 0 amide bonds. The number of aromatic amines is 1. The van der Waals surface area contributed by atoms with Crippen LogP contribution in [-0.2, 0) is 12.8 Å². The average Bonchev–Trinajstić information content (AvgIpc) is 2.85. The maximum absolute atomic E-state index is 8.81. The van der Waals surface area contributed by atoms with Crippen LogP contribution in [0.25, 0.3) is 11.3 Å². The summed E-state index contributed by atoms with van der Waals surface area (Å²) in [5.41, 5.74) is 3.58. The lowest BCUT2D eigenvalue weighted by Gasteiger charge is -2.05. The standard InChI is InChI=1S/C16H22N2O/c1-12(2)10-13-5-7-14(8-6-13)15-11-17-16(18-15)4-3-9-19/h5-8,11-12,19H,3-4,9-10H2,1-2H3,(H,17,18). The number of hydrogen-bond donors (Lipinski definition) is 2. The van der Waals surface area contributed by atoms with Gasteiger partial charge in [0.05, 0.1) is 11.9 Å². The van der Waals surface area contributed by atoms with Crippen LogP contribution < -0.4 is 0 Å². The van der Waals surface area contributed by atoms with Gasteiger partial charge in [-0.3, -0.25) is 0 Å². The van der Waals surface area contributed by atoms with Crippen molar-refractivity contribution in [3.63, 3.8) is 0 Å². The Morgan fingerprint density at radius 2 is 1.95 bits per heavy atom. The minimum Gasteiger partial charge on any atom is -0.396 e. The molecule has 0 atom stereocenters. The van der Waals surface area contributed by atoms with Crippen LogP contribution >= 0.6 is 0 Å². The first-order valence-corrected chi connectivity index (χ1v) is 6.93. The second-order valence-electron chi connectivity index (χ2n) is 5.37. The molecule has 0 aliphatic carbocycles. The zero-order chi connectivity index (χ0) is 13.7. The molecular weight excluding hydrogens is 236 g/mol. The van der Waals surface area contributed by atoms with Gasteiger partial charge in [-0.15, -0.1) is 0 Å². The van der Waals surface area contributed by atoms with Crippen LogP contribution in [-0.4, -0.2) is 21.7 Å². The number of nitrogens with one attached hydrogen (secondary N) is 1. The monoisotopic (exact) mass is 258 g/mol. The first-order chi connectivity index (χ1) is 9.19. The molecule has 0 aliphatic heterocycles. The number of aliphatic hydroxyl groups excluding tert-OH is 1. The highest BCUT2D eigenvalue weighted by Gasteiger charge is 2.04. The minimum atomic E-state index is 0.208. The first kappa shape index (κ1) is 13.8. The van der Waals surface area contributed by atoms with Gasteiger partial charge in [0.2, 0.25) is 0 Å². The predicted octanol–water partition coefficient (Wildman–Crippen LogP) is 3.20. The van der Waals surface area contributed by atoms with E-state index in [2.05, 4.69) is 48.1 Å². The fourth-order valence-electron chi connectivity index (χ4n) is 2.17. The Balaban J connectivity index is 2.07. The molecule has 1 aromatic carbocycles. The third kappa shape index (κ3) is 3.93. The van der Waals surface area contributed by atoms with Gasteiger partial charge in [0.1, 0.15) is 5.82 Å². The molecule has 1 aromatic heterocycles. The average molecular weight is 258 g/mol. The summed E-state index contributed by atoms with van der Waals surface area (Å²) >= 11 is 0. The summed E-state index contributed by atoms with van der Waals surface area (Å²) in [6.45, 7) is 4.67. The first-order valence-electron chi connectivity index (χ1n) is 6.93. The van der Waals surface area contributed by atoms with E-state index in [1.807, 2.05) is 6.20 Å². The summed E-state index contributed by atoms with van der Waals surface area (Å²) in [5.74, 6) is 1.62. The second kappa shape index (κ2) is 6.53. The third-order valence-electron chi connectivity index (χ3n) is 3.11. The number of aliphatic hydroxyl groups is 1. The smallest absolute Gasteiger partial charge is 0.106 e. The number of hydrogen-bond acceptors (Lipinski definition) is 2. The quantitative estimate of drug-likeness (QED) is 0.836. The number of aryl methyl sites for hydroxylation is 1. The van der Waals surface area contributed by atoms with Crippen molar-refractivity contribution >= 4 is 0 Å². The van der Waals surface area contributed by atoms with Crippen LogP contribution in [0.3, 0.4) is 0 Å². The maximum Gasteiger partial charge on any atom is 0.106 e. The summed E-state index contributed by atoms with van der Waals surface area (Å²) < 4.78 is 0. The highest BCUT2D eigenvalue weighted by atomic mass is 16.2. The van der Waals surface area contributed by atoms with Crippen molar-refractivity contribution in [1.29, 1.82) is 0 Å². The van der Waals surface area contributed by atoms with Gasteiger partial charge >= 0.3 is 0 Å². The summed E-state index contributed by atoms with van der Waals surface area (Å²) in [4.78, 5) is 7.64. The molecule has 0 saturated carbocycles. The van der Waals surface area contributed by atoms with Crippen LogP contribution in [0.15, 0.2) is 30.5 Å². The lowest BCUT2D eigenvalue weighted by Crippen LogP contribution is -1.93. The van der Waals surface area contributed by atoms with Gasteiger partial charge in [0, 0.05) is 13.0 Å².